The van der Waals surface area contributed by atoms with Crippen molar-refractivity contribution in [1.82, 2.24) is 10.3 Å². The van der Waals surface area contributed by atoms with Gasteiger partial charge in [-0.25, -0.2) is 4.98 Å². The molecule has 1 fully saturated rings. The van der Waals surface area contributed by atoms with Gasteiger partial charge in [-0.1, -0.05) is 12.8 Å². The summed E-state index contributed by atoms with van der Waals surface area (Å²) in [6.45, 7) is 0. The Morgan fingerprint density at radius 2 is 2.12 bits per heavy atom. The SMILES string of the molecule is S=C(Nc1ccc(Br)cn1)NC1CCCC1. The number of rotatable bonds is 2. The molecule has 1 aliphatic rings. The highest BCUT2D eigenvalue weighted by Crippen LogP contribution is 2.17. The van der Waals surface area contributed by atoms with Gasteiger partial charge in [0, 0.05) is 16.7 Å². The average molecular weight is 300 g/mol. The minimum absolute atomic E-state index is 0.537. The highest BCUT2D eigenvalue weighted by Gasteiger charge is 2.15. The van der Waals surface area contributed by atoms with Gasteiger partial charge in [0.2, 0.25) is 0 Å². The predicted octanol–water partition coefficient (Wildman–Crippen LogP) is 3.07. The number of hydrogen-bond acceptors (Lipinski definition) is 2. The molecule has 0 bridgehead atoms. The van der Waals surface area contributed by atoms with Gasteiger partial charge in [0.1, 0.15) is 5.82 Å². The lowest BCUT2D eigenvalue weighted by Gasteiger charge is -2.15. The fourth-order valence-electron chi connectivity index (χ4n) is 1.86. The van der Waals surface area contributed by atoms with Crippen LogP contribution in [0.5, 0.6) is 0 Å². The second-order valence-electron chi connectivity index (χ2n) is 3.94. The van der Waals surface area contributed by atoms with E-state index in [4.69, 9.17) is 12.2 Å². The van der Waals surface area contributed by atoms with E-state index < -0.39 is 0 Å². The van der Waals surface area contributed by atoms with Crippen LogP contribution in [0.3, 0.4) is 0 Å². The van der Waals surface area contributed by atoms with Crippen LogP contribution in [0.4, 0.5) is 5.82 Å². The van der Waals surface area contributed by atoms with Crippen molar-refractivity contribution in [3.05, 3.63) is 22.8 Å². The molecule has 3 nitrogen and oxygen atoms in total. The van der Waals surface area contributed by atoms with Gasteiger partial charge >= 0.3 is 0 Å². The molecule has 0 aromatic carbocycles. The Bertz CT molecular complexity index is 360. The highest BCUT2D eigenvalue weighted by molar-refractivity contribution is 9.10. The first-order valence-corrected chi connectivity index (χ1v) is 6.63. The smallest absolute Gasteiger partial charge is 0.172 e. The summed E-state index contributed by atoms with van der Waals surface area (Å²) in [4.78, 5) is 4.21. The second kappa shape index (κ2) is 5.59. The van der Waals surface area contributed by atoms with Crippen LogP contribution in [0.1, 0.15) is 25.7 Å². The van der Waals surface area contributed by atoms with Crippen molar-refractivity contribution in [3.8, 4) is 0 Å². The number of nitrogens with zero attached hydrogens (tertiary/aromatic N) is 1. The van der Waals surface area contributed by atoms with Gasteiger partial charge in [-0.2, -0.15) is 0 Å². The van der Waals surface area contributed by atoms with Crippen LogP contribution in [0.15, 0.2) is 22.8 Å². The molecule has 0 atom stereocenters. The van der Waals surface area contributed by atoms with Crippen molar-refractivity contribution >= 4 is 39.1 Å². The molecule has 0 radical (unpaired) electrons. The number of halogens is 1. The summed E-state index contributed by atoms with van der Waals surface area (Å²) in [6.07, 6.45) is 6.79. The van der Waals surface area contributed by atoms with E-state index in [1.54, 1.807) is 6.20 Å². The topological polar surface area (TPSA) is 37.0 Å². The molecule has 2 rings (SSSR count). The molecular weight excluding hydrogens is 286 g/mol. The summed E-state index contributed by atoms with van der Waals surface area (Å²) in [5, 5.41) is 7.06. The summed E-state index contributed by atoms with van der Waals surface area (Å²) in [5.41, 5.74) is 0. The van der Waals surface area contributed by atoms with Crippen molar-refractivity contribution in [2.45, 2.75) is 31.7 Å². The van der Waals surface area contributed by atoms with Crippen LogP contribution in [-0.2, 0) is 0 Å². The van der Waals surface area contributed by atoms with E-state index in [1.165, 1.54) is 25.7 Å². The summed E-state index contributed by atoms with van der Waals surface area (Å²) < 4.78 is 0.965. The van der Waals surface area contributed by atoms with Gasteiger partial charge in [0.05, 0.1) is 0 Å². The molecule has 86 valence electrons. The third-order valence-corrected chi connectivity index (χ3v) is 3.35. The van der Waals surface area contributed by atoms with E-state index in [-0.39, 0.29) is 0 Å². The van der Waals surface area contributed by atoms with Gasteiger partial charge in [-0.15, -0.1) is 0 Å². The van der Waals surface area contributed by atoms with Crippen molar-refractivity contribution < 1.29 is 0 Å². The largest absolute Gasteiger partial charge is 0.360 e. The van der Waals surface area contributed by atoms with Crippen LogP contribution in [-0.4, -0.2) is 16.1 Å². The third kappa shape index (κ3) is 3.42. The zero-order valence-corrected chi connectivity index (χ0v) is 11.3. The first-order chi connectivity index (χ1) is 7.74. The monoisotopic (exact) mass is 299 g/mol. The van der Waals surface area contributed by atoms with E-state index in [1.807, 2.05) is 12.1 Å². The first kappa shape index (κ1) is 11.8. The maximum absolute atomic E-state index is 5.23. The lowest BCUT2D eigenvalue weighted by Crippen LogP contribution is -2.36. The molecule has 1 heterocycles. The Labute approximate surface area is 109 Å². The molecule has 0 spiro atoms. The van der Waals surface area contributed by atoms with E-state index in [2.05, 4.69) is 31.5 Å². The number of aromatic nitrogens is 1. The molecule has 1 saturated carbocycles. The standard InChI is InChI=1S/C11H14BrN3S/c12-8-5-6-10(13-7-8)15-11(16)14-9-3-1-2-4-9/h5-7,9H,1-4H2,(H2,13,14,15,16). The number of thiocarbonyl (C=S) groups is 1. The molecule has 1 aromatic heterocycles. The van der Waals surface area contributed by atoms with E-state index >= 15 is 0 Å². The van der Waals surface area contributed by atoms with Gasteiger partial charge < -0.3 is 10.6 Å². The second-order valence-corrected chi connectivity index (χ2v) is 5.27. The minimum atomic E-state index is 0.537. The molecule has 1 aromatic rings. The van der Waals surface area contributed by atoms with Crippen LogP contribution < -0.4 is 10.6 Å². The summed E-state index contributed by atoms with van der Waals surface area (Å²) in [6, 6.07) is 4.37. The number of hydrogen-bond donors (Lipinski definition) is 2. The van der Waals surface area contributed by atoms with Gasteiger partial charge in [0.15, 0.2) is 5.11 Å². The van der Waals surface area contributed by atoms with Crippen LogP contribution in [0.25, 0.3) is 0 Å². The maximum atomic E-state index is 5.23. The predicted molar refractivity (Wildman–Crippen MR) is 73.5 cm³/mol. The fraction of sp³-hybridized carbons (Fsp3) is 0.455. The number of pyridine rings is 1. The Balaban J connectivity index is 1.84. The van der Waals surface area contributed by atoms with Crippen molar-refractivity contribution in [1.29, 1.82) is 0 Å². The van der Waals surface area contributed by atoms with Gasteiger partial charge in [-0.05, 0) is 53.1 Å². The van der Waals surface area contributed by atoms with E-state index in [0.717, 1.165) is 10.3 Å². The lowest BCUT2D eigenvalue weighted by molar-refractivity contribution is 0.634. The first-order valence-electron chi connectivity index (χ1n) is 5.43. The molecule has 0 amide bonds. The zero-order chi connectivity index (χ0) is 11.4. The van der Waals surface area contributed by atoms with Crippen LogP contribution in [0.2, 0.25) is 0 Å². The van der Waals surface area contributed by atoms with Crippen molar-refractivity contribution in [2.75, 3.05) is 5.32 Å². The molecule has 2 N–H and O–H groups in total. The Morgan fingerprint density at radius 3 is 2.75 bits per heavy atom. The quantitative estimate of drug-likeness (QED) is 0.823. The molecule has 0 unspecified atom stereocenters. The summed E-state index contributed by atoms with van der Waals surface area (Å²) in [5.74, 6) is 0.777. The Hall–Kier alpha value is -0.680. The Kier molecular flexibility index (Phi) is 4.12. The van der Waals surface area contributed by atoms with Gasteiger partial charge in [-0.3, -0.25) is 0 Å². The summed E-state index contributed by atoms with van der Waals surface area (Å²) >= 11 is 8.58. The Morgan fingerprint density at radius 1 is 1.38 bits per heavy atom. The highest BCUT2D eigenvalue weighted by atomic mass is 79.9. The molecule has 0 saturated heterocycles. The van der Waals surface area contributed by atoms with E-state index in [9.17, 15) is 0 Å². The molecule has 0 aliphatic heterocycles. The normalized spacial score (nSPS) is 16.1. The van der Waals surface area contributed by atoms with Crippen LogP contribution >= 0.6 is 28.1 Å². The van der Waals surface area contributed by atoms with Gasteiger partial charge in [0.25, 0.3) is 0 Å². The maximum Gasteiger partial charge on any atom is 0.172 e. The molecule has 16 heavy (non-hydrogen) atoms. The summed E-state index contributed by atoms with van der Waals surface area (Å²) in [7, 11) is 0. The fourth-order valence-corrected chi connectivity index (χ4v) is 2.36. The minimum Gasteiger partial charge on any atom is -0.360 e. The van der Waals surface area contributed by atoms with Crippen LogP contribution in [0, 0.1) is 0 Å². The van der Waals surface area contributed by atoms with Crippen molar-refractivity contribution in [3.63, 3.8) is 0 Å². The lowest BCUT2D eigenvalue weighted by atomic mass is 10.3. The third-order valence-electron chi connectivity index (χ3n) is 2.66. The number of nitrogens with one attached hydrogen (secondary N) is 2. The molecule has 5 heteroatoms. The zero-order valence-electron chi connectivity index (χ0n) is 8.87. The average Bonchev–Trinajstić information content (AvgIpc) is 2.74. The molecular formula is C11H14BrN3S. The van der Waals surface area contributed by atoms with E-state index in [0.29, 0.717) is 11.2 Å². The van der Waals surface area contributed by atoms with Crippen molar-refractivity contribution in [2.24, 2.45) is 0 Å². The number of anilines is 1. The molecule has 1 aliphatic carbocycles.